The van der Waals surface area contributed by atoms with E-state index >= 15 is 0 Å². The molecule has 0 heterocycles. The molecule has 26 heavy (non-hydrogen) atoms. The Morgan fingerprint density at radius 3 is 2.15 bits per heavy atom. The van der Waals surface area contributed by atoms with Crippen LogP contribution in [0.5, 0.6) is 0 Å². The van der Waals surface area contributed by atoms with Crippen molar-refractivity contribution >= 4 is 0 Å². The van der Waals surface area contributed by atoms with Crippen molar-refractivity contribution in [3.05, 3.63) is 95.6 Å². The van der Waals surface area contributed by atoms with Crippen molar-refractivity contribution in [1.29, 1.82) is 0 Å². The molecule has 0 spiro atoms. The molecule has 0 aliphatic heterocycles. The normalized spacial score (nSPS) is 13.4. The van der Waals surface area contributed by atoms with Crippen LogP contribution in [0.25, 0.3) is 0 Å². The Morgan fingerprint density at radius 1 is 1.00 bits per heavy atom. The first-order valence-electron chi connectivity index (χ1n) is 8.87. The van der Waals surface area contributed by atoms with Crippen molar-refractivity contribution in [2.24, 2.45) is 0 Å². The molecular formula is C24H26O2. The number of hydrogen-bond acceptors (Lipinski definition) is 2. The van der Waals surface area contributed by atoms with Crippen LogP contribution in [0.3, 0.4) is 0 Å². The van der Waals surface area contributed by atoms with Crippen LogP contribution in [0.1, 0.15) is 49.5 Å². The van der Waals surface area contributed by atoms with Crippen LogP contribution < -0.4 is 0 Å². The molecule has 2 heteroatoms. The number of allylic oxidation sites excluding steroid dienone is 2. The molecular weight excluding hydrogens is 320 g/mol. The van der Waals surface area contributed by atoms with E-state index in [0.29, 0.717) is 12.0 Å². The maximum Gasteiger partial charge on any atom is 0.111 e. The van der Waals surface area contributed by atoms with Gasteiger partial charge in [-0.25, -0.2) is 0 Å². The Morgan fingerprint density at radius 2 is 1.58 bits per heavy atom. The number of rotatable bonds is 7. The third-order valence-electron chi connectivity index (χ3n) is 4.06. The van der Waals surface area contributed by atoms with E-state index in [1.165, 1.54) is 0 Å². The molecule has 2 unspecified atom stereocenters. The summed E-state index contributed by atoms with van der Waals surface area (Å²) in [6.07, 6.45) is 2.54. The topological polar surface area (TPSA) is 40.5 Å². The van der Waals surface area contributed by atoms with Crippen molar-refractivity contribution in [2.75, 3.05) is 0 Å². The van der Waals surface area contributed by atoms with Crippen LogP contribution >= 0.6 is 0 Å². The van der Waals surface area contributed by atoms with Gasteiger partial charge in [0.1, 0.15) is 6.10 Å². The van der Waals surface area contributed by atoms with Gasteiger partial charge in [0.05, 0.1) is 6.10 Å². The number of aliphatic hydroxyl groups excluding tert-OH is 2. The fourth-order valence-electron chi connectivity index (χ4n) is 2.56. The maximum absolute atomic E-state index is 10.7. The van der Waals surface area contributed by atoms with Crippen LogP contribution in [-0.2, 0) is 0 Å². The summed E-state index contributed by atoms with van der Waals surface area (Å²) in [7, 11) is 0. The number of benzene rings is 2. The van der Waals surface area contributed by atoms with Crippen molar-refractivity contribution in [1.82, 2.24) is 0 Å². The molecule has 2 rings (SSSR count). The second kappa shape index (κ2) is 10.4. The summed E-state index contributed by atoms with van der Waals surface area (Å²) < 4.78 is 0. The zero-order valence-corrected chi connectivity index (χ0v) is 15.2. The van der Waals surface area contributed by atoms with Gasteiger partial charge in [-0.2, -0.15) is 0 Å². The standard InChI is InChI=1S/C24H26O2/c1-19(2)11-9-16-22(24(26)21-14-7-4-8-15-21)17-10-18-23(25)20-12-5-3-6-13-20/h3-8,12-16,23-26H,1,9,11,18H2,2H3. The third kappa shape index (κ3) is 6.37. The summed E-state index contributed by atoms with van der Waals surface area (Å²) in [6.45, 7) is 5.90. The summed E-state index contributed by atoms with van der Waals surface area (Å²) in [6, 6.07) is 19.0. The monoisotopic (exact) mass is 346 g/mol. The molecule has 2 N–H and O–H groups in total. The van der Waals surface area contributed by atoms with E-state index in [2.05, 4.69) is 18.4 Å². The SMILES string of the molecule is C=C(C)CCC=C(C#CCC(O)c1ccccc1)C(O)c1ccccc1. The molecule has 2 aromatic carbocycles. The first-order valence-corrected chi connectivity index (χ1v) is 8.87. The lowest BCUT2D eigenvalue weighted by Crippen LogP contribution is -2.01. The first-order chi connectivity index (χ1) is 12.6. The van der Waals surface area contributed by atoms with E-state index in [9.17, 15) is 10.2 Å². The van der Waals surface area contributed by atoms with E-state index in [0.717, 1.165) is 29.5 Å². The largest absolute Gasteiger partial charge is 0.387 e. The Hall–Kier alpha value is -2.60. The van der Waals surface area contributed by atoms with Crippen molar-refractivity contribution in [3.63, 3.8) is 0 Å². The highest BCUT2D eigenvalue weighted by Gasteiger charge is 2.11. The summed E-state index contributed by atoms with van der Waals surface area (Å²) >= 11 is 0. The molecule has 0 saturated heterocycles. The maximum atomic E-state index is 10.7. The van der Waals surface area contributed by atoms with Crippen LogP contribution in [-0.4, -0.2) is 10.2 Å². The zero-order chi connectivity index (χ0) is 18.8. The quantitative estimate of drug-likeness (QED) is 0.539. The lowest BCUT2D eigenvalue weighted by atomic mass is 9.99. The van der Waals surface area contributed by atoms with E-state index in [-0.39, 0.29) is 0 Å². The highest BCUT2D eigenvalue weighted by atomic mass is 16.3. The van der Waals surface area contributed by atoms with E-state index < -0.39 is 12.2 Å². The summed E-state index contributed by atoms with van der Waals surface area (Å²) in [5.74, 6) is 6.09. The Balaban J connectivity index is 2.12. The molecule has 0 aliphatic carbocycles. The van der Waals surface area contributed by atoms with E-state index in [4.69, 9.17) is 0 Å². The molecule has 0 aromatic heterocycles. The highest BCUT2D eigenvalue weighted by molar-refractivity contribution is 5.38. The predicted octanol–water partition coefficient (Wildman–Crippen LogP) is 5.13. The first kappa shape index (κ1) is 19.7. The number of hydrogen-bond donors (Lipinski definition) is 2. The third-order valence-corrected chi connectivity index (χ3v) is 4.06. The summed E-state index contributed by atoms with van der Waals surface area (Å²) in [5.41, 5.74) is 3.42. The van der Waals surface area contributed by atoms with Gasteiger partial charge in [-0.3, -0.25) is 0 Å². The lowest BCUT2D eigenvalue weighted by Gasteiger charge is -2.11. The molecule has 2 nitrogen and oxygen atoms in total. The molecule has 2 atom stereocenters. The van der Waals surface area contributed by atoms with Crippen LogP contribution in [0.15, 0.2) is 84.5 Å². The molecule has 0 radical (unpaired) electrons. The molecule has 0 fully saturated rings. The summed E-state index contributed by atoms with van der Waals surface area (Å²) in [4.78, 5) is 0. The minimum Gasteiger partial charge on any atom is -0.387 e. The summed E-state index contributed by atoms with van der Waals surface area (Å²) in [5, 5.41) is 20.9. The lowest BCUT2D eigenvalue weighted by molar-refractivity contribution is 0.184. The van der Waals surface area contributed by atoms with Gasteiger partial charge < -0.3 is 10.2 Å². The van der Waals surface area contributed by atoms with E-state index in [1.54, 1.807) is 0 Å². The van der Waals surface area contributed by atoms with Gasteiger partial charge in [0.2, 0.25) is 0 Å². The van der Waals surface area contributed by atoms with Gasteiger partial charge in [0.15, 0.2) is 0 Å². The molecule has 0 saturated carbocycles. The number of aliphatic hydroxyl groups is 2. The predicted molar refractivity (Wildman–Crippen MR) is 107 cm³/mol. The van der Waals surface area contributed by atoms with Gasteiger partial charge in [-0.15, -0.1) is 6.58 Å². The van der Waals surface area contributed by atoms with Gasteiger partial charge in [-0.1, -0.05) is 84.2 Å². The minimum atomic E-state index is -0.761. The average Bonchev–Trinajstić information content (AvgIpc) is 2.67. The Labute approximate surface area is 156 Å². The average molecular weight is 346 g/mol. The van der Waals surface area contributed by atoms with Gasteiger partial charge in [0.25, 0.3) is 0 Å². The minimum absolute atomic E-state index is 0.323. The fourth-order valence-corrected chi connectivity index (χ4v) is 2.56. The molecule has 134 valence electrons. The molecule has 2 aromatic rings. The van der Waals surface area contributed by atoms with Crippen molar-refractivity contribution in [2.45, 2.75) is 38.4 Å². The van der Waals surface area contributed by atoms with Crippen molar-refractivity contribution in [3.8, 4) is 11.8 Å². The van der Waals surface area contributed by atoms with Gasteiger partial charge >= 0.3 is 0 Å². The second-order valence-electron chi connectivity index (χ2n) is 6.40. The van der Waals surface area contributed by atoms with Crippen LogP contribution in [0.4, 0.5) is 0 Å². The fraction of sp³-hybridized carbons (Fsp3) is 0.250. The zero-order valence-electron chi connectivity index (χ0n) is 15.2. The van der Waals surface area contributed by atoms with Gasteiger partial charge in [0, 0.05) is 12.0 Å². The molecule has 0 amide bonds. The van der Waals surface area contributed by atoms with Crippen LogP contribution in [0.2, 0.25) is 0 Å². The van der Waals surface area contributed by atoms with Gasteiger partial charge in [-0.05, 0) is 30.9 Å². The van der Waals surface area contributed by atoms with E-state index in [1.807, 2.05) is 73.7 Å². The second-order valence-corrected chi connectivity index (χ2v) is 6.40. The smallest absolute Gasteiger partial charge is 0.111 e. The Kier molecular flexibility index (Phi) is 7.89. The Bertz CT molecular complexity index is 779. The molecule has 0 aliphatic rings. The molecule has 0 bridgehead atoms. The highest BCUT2D eigenvalue weighted by Crippen LogP contribution is 2.22. The van der Waals surface area contributed by atoms with Crippen molar-refractivity contribution < 1.29 is 10.2 Å². The van der Waals surface area contributed by atoms with Crippen LogP contribution in [0, 0.1) is 11.8 Å².